The van der Waals surface area contributed by atoms with Gasteiger partial charge in [-0.1, -0.05) is 27.7 Å². The van der Waals surface area contributed by atoms with E-state index in [2.05, 4.69) is 37.9 Å². The second-order valence-electron chi connectivity index (χ2n) is 6.51. The topological polar surface area (TPSA) is 41.6 Å². The number of carbonyl (C=O) groups is 1. The maximum Gasteiger partial charge on any atom is 0.323 e. The largest absolute Gasteiger partial charge is 0.465 e. The molecule has 4 heteroatoms. The molecule has 1 aliphatic rings. The number of likely N-dealkylation sites (tertiary alicyclic amines) is 1. The maximum atomic E-state index is 12.0. The third-order valence-electron chi connectivity index (χ3n) is 4.09. The van der Waals surface area contributed by atoms with E-state index in [1.54, 1.807) is 0 Å². The molecule has 0 aliphatic carbocycles. The first-order valence-corrected chi connectivity index (χ1v) is 8.09. The lowest BCUT2D eigenvalue weighted by Crippen LogP contribution is -2.44. The number of hydrogen-bond acceptors (Lipinski definition) is 4. The molecular weight excluding hydrogens is 252 g/mol. The van der Waals surface area contributed by atoms with Gasteiger partial charge in [-0.3, -0.25) is 4.79 Å². The molecule has 2 atom stereocenters. The van der Waals surface area contributed by atoms with Crippen molar-refractivity contribution in [2.45, 2.75) is 59.5 Å². The molecule has 1 rings (SSSR count). The van der Waals surface area contributed by atoms with Crippen LogP contribution in [-0.4, -0.2) is 49.2 Å². The molecule has 1 aliphatic heterocycles. The van der Waals surface area contributed by atoms with Crippen LogP contribution in [0.25, 0.3) is 0 Å². The summed E-state index contributed by atoms with van der Waals surface area (Å²) in [4.78, 5) is 14.4. The number of nitrogens with one attached hydrogen (secondary N) is 1. The van der Waals surface area contributed by atoms with E-state index in [-0.39, 0.29) is 12.0 Å². The summed E-state index contributed by atoms with van der Waals surface area (Å²) >= 11 is 0. The number of esters is 1. The quantitative estimate of drug-likeness (QED) is 0.694. The van der Waals surface area contributed by atoms with Crippen molar-refractivity contribution in [1.29, 1.82) is 0 Å². The van der Waals surface area contributed by atoms with Crippen LogP contribution in [0.2, 0.25) is 0 Å². The summed E-state index contributed by atoms with van der Waals surface area (Å²) in [6.07, 6.45) is 2.13. The van der Waals surface area contributed by atoms with E-state index >= 15 is 0 Å². The number of ether oxygens (including phenoxy) is 1. The van der Waals surface area contributed by atoms with Gasteiger partial charge in [0.25, 0.3) is 0 Å². The van der Waals surface area contributed by atoms with Crippen molar-refractivity contribution in [3.8, 4) is 0 Å². The Morgan fingerprint density at radius 1 is 1.35 bits per heavy atom. The van der Waals surface area contributed by atoms with Crippen molar-refractivity contribution >= 4 is 5.97 Å². The molecule has 0 aromatic rings. The molecule has 1 heterocycles. The second-order valence-corrected chi connectivity index (χ2v) is 6.51. The Kier molecular flexibility index (Phi) is 7.52. The average Bonchev–Trinajstić information content (AvgIpc) is 2.83. The monoisotopic (exact) mass is 284 g/mol. The molecule has 0 amide bonds. The first kappa shape index (κ1) is 17.4. The second kappa shape index (κ2) is 8.63. The van der Waals surface area contributed by atoms with Gasteiger partial charge in [0.15, 0.2) is 0 Å². The minimum atomic E-state index is -0.173. The van der Waals surface area contributed by atoms with Crippen molar-refractivity contribution in [2.24, 2.45) is 11.8 Å². The zero-order valence-electron chi connectivity index (χ0n) is 13.8. The molecule has 1 N–H and O–H groups in total. The van der Waals surface area contributed by atoms with Crippen molar-refractivity contribution < 1.29 is 9.53 Å². The molecule has 0 spiro atoms. The van der Waals surface area contributed by atoms with E-state index < -0.39 is 0 Å². The molecular formula is C16H32N2O2. The summed E-state index contributed by atoms with van der Waals surface area (Å²) in [5.74, 6) is 1.46. The molecule has 0 radical (unpaired) electrons. The minimum absolute atomic E-state index is 0.110. The zero-order valence-corrected chi connectivity index (χ0v) is 13.8. The Labute approximate surface area is 124 Å². The SMILES string of the molecule is CCOC(=O)C(CCN1CCC(C(C)C)C1)NC(C)C. The Bertz CT molecular complexity index is 292. The normalized spacial score (nSPS) is 21.6. The number of hydrogen-bond donors (Lipinski definition) is 1. The van der Waals surface area contributed by atoms with E-state index in [9.17, 15) is 4.79 Å². The minimum Gasteiger partial charge on any atom is -0.465 e. The van der Waals surface area contributed by atoms with Crippen LogP contribution >= 0.6 is 0 Å². The highest BCUT2D eigenvalue weighted by atomic mass is 16.5. The Hall–Kier alpha value is -0.610. The summed E-state index contributed by atoms with van der Waals surface area (Å²) in [5, 5.41) is 3.32. The fourth-order valence-electron chi connectivity index (χ4n) is 2.84. The van der Waals surface area contributed by atoms with E-state index in [0.29, 0.717) is 12.6 Å². The van der Waals surface area contributed by atoms with Crippen LogP contribution < -0.4 is 5.32 Å². The molecule has 20 heavy (non-hydrogen) atoms. The van der Waals surface area contributed by atoms with E-state index in [1.807, 2.05) is 6.92 Å². The van der Waals surface area contributed by atoms with Crippen molar-refractivity contribution in [3.05, 3.63) is 0 Å². The summed E-state index contributed by atoms with van der Waals surface area (Å²) in [7, 11) is 0. The third kappa shape index (κ3) is 5.80. The van der Waals surface area contributed by atoms with Crippen LogP contribution in [0.15, 0.2) is 0 Å². The first-order chi connectivity index (χ1) is 9.43. The molecule has 1 fully saturated rings. The van der Waals surface area contributed by atoms with Crippen LogP contribution in [0, 0.1) is 11.8 Å². The number of carbonyl (C=O) groups excluding carboxylic acids is 1. The van der Waals surface area contributed by atoms with Gasteiger partial charge in [0, 0.05) is 19.1 Å². The Balaban J connectivity index is 2.40. The molecule has 2 unspecified atom stereocenters. The van der Waals surface area contributed by atoms with E-state index in [4.69, 9.17) is 4.74 Å². The van der Waals surface area contributed by atoms with Gasteiger partial charge < -0.3 is 15.0 Å². The van der Waals surface area contributed by atoms with Crippen molar-refractivity contribution in [2.75, 3.05) is 26.2 Å². The lowest BCUT2D eigenvalue weighted by molar-refractivity contribution is -0.146. The van der Waals surface area contributed by atoms with Crippen LogP contribution in [-0.2, 0) is 9.53 Å². The Morgan fingerprint density at radius 2 is 2.05 bits per heavy atom. The zero-order chi connectivity index (χ0) is 15.1. The molecule has 0 aromatic carbocycles. The van der Waals surface area contributed by atoms with Crippen LogP contribution in [0.4, 0.5) is 0 Å². The van der Waals surface area contributed by atoms with Gasteiger partial charge in [-0.15, -0.1) is 0 Å². The van der Waals surface area contributed by atoms with Gasteiger partial charge in [0.2, 0.25) is 0 Å². The van der Waals surface area contributed by atoms with Gasteiger partial charge >= 0.3 is 5.97 Å². The van der Waals surface area contributed by atoms with Gasteiger partial charge in [-0.05, 0) is 38.1 Å². The standard InChI is InChI=1S/C16H32N2O2/c1-6-20-16(19)15(17-13(4)5)8-10-18-9-7-14(11-18)12(2)3/h12-15,17H,6-11H2,1-5H3. The summed E-state index contributed by atoms with van der Waals surface area (Å²) < 4.78 is 5.16. The van der Waals surface area contributed by atoms with E-state index in [0.717, 1.165) is 24.8 Å². The highest BCUT2D eigenvalue weighted by Gasteiger charge is 2.27. The Morgan fingerprint density at radius 3 is 2.55 bits per heavy atom. The average molecular weight is 284 g/mol. The molecule has 0 aromatic heterocycles. The van der Waals surface area contributed by atoms with Crippen LogP contribution in [0.1, 0.15) is 47.5 Å². The highest BCUT2D eigenvalue weighted by Crippen LogP contribution is 2.23. The lowest BCUT2D eigenvalue weighted by Gasteiger charge is -2.23. The highest BCUT2D eigenvalue weighted by molar-refractivity contribution is 5.75. The van der Waals surface area contributed by atoms with Gasteiger partial charge in [-0.2, -0.15) is 0 Å². The molecule has 118 valence electrons. The summed E-state index contributed by atoms with van der Waals surface area (Å²) in [5.41, 5.74) is 0. The number of rotatable bonds is 8. The van der Waals surface area contributed by atoms with Gasteiger partial charge in [-0.25, -0.2) is 0 Å². The third-order valence-corrected chi connectivity index (χ3v) is 4.09. The molecule has 1 saturated heterocycles. The predicted octanol–water partition coefficient (Wildman–Crippen LogP) is 2.28. The summed E-state index contributed by atoms with van der Waals surface area (Å²) in [6, 6.07) is 0.124. The molecule has 0 saturated carbocycles. The van der Waals surface area contributed by atoms with Gasteiger partial charge in [0.05, 0.1) is 6.61 Å². The predicted molar refractivity (Wildman–Crippen MR) is 82.7 cm³/mol. The first-order valence-electron chi connectivity index (χ1n) is 8.09. The lowest BCUT2D eigenvalue weighted by atomic mass is 9.95. The molecule has 4 nitrogen and oxygen atoms in total. The van der Waals surface area contributed by atoms with Crippen molar-refractivity contribution in [3.63, 3.8) is 0 Å². The number of nitrogens with zero attached hydrogens (tertiary/aromatic N) is 1. The smallest absolute Gasteiger partial charge is 0.323 e. The van der Waals surface area contributed by atoms with Crippen LogP contribution in [0.5, 0.6) is 0 Å². The molecule has 0 bridgehead atoms. The van der Waals surface area contributed by atoms with Crippen molar-refractivity contribution in [1.82, 2.24) is 10.2 Å². The fourth-order valence-corrected chi connectivity index (χ4v) is 2.84. The maximum absolute atomic E-state index is 12.0. The van der Waals surface area contributed by atoms with Crippen LogP contribution in [0.3, 0.4) is 0 Å². The van der Waals surface area contributed by atoms with E-state index in [1.165, 1.54) is 19.5 Å². The fraction of sp³-hybridized carbons (Fsp3) is 0.938. The summed E-state index contributed by atoms with van der Waals surface area (Å²) in [6.45, 7) is 14.4. The van der Waals surface area contributed by atoms with Gasteiger partial charge in [0.1, 0.15) is 6.04 Å².